The number of hydrogen-bond acceptors (Lipinski definition) is 4. The van der Waals surface area contributed by atoms with Crippen LogP contribution in [0, 0.1) is 0 Å². The summed E-state index contributed by atoms with van der Waals surface area (Å²) in [6, 6.07) is 9.07. The quantitative estimate of drug-likeness (QED) is 0.386. The van der Waals surface area contributed by atoms with Crippen LogP contribution in [0.2, 0.25) is 0 Å². The molecule has 0 spiro atoms. The third-order valence-electron chi connectivity index (χ3n) is 3.17. The average Bonchev–Trinajstić information content (AvgIpc) is 2.54. The van der Waals surface area contributed by atoms with Gasteiger partial charge in [0.15, 0.2) is 11.9 Å². The summed E-state index contributed by atoms with van der Waals surface area (Å²) in [7, 11) is 0. The summed E-state index contributed by atoms with van der Waals surface area (Å²) in [6.45, 7) is 1.01. The number of rotatable bonds is 6. The number of nitrogens with two attached hydrogens (primary N) is 4. The molecule has 1 aromatic carbocycles. The normalized spacial score (nSPS) is 10.2. The molecule has 1 heterocycles. The van der Waals surface area contributed by atoms with Gasteiger partial charge in [-0.05, 0) is 16.7 Å². The minimum absolute atomic E-state index is 0.0278. The van der Waals surface area contributed by atoms with Crippen molar-refractivity contribution in [3.63, 3.8) is 0 Å². The van der Waals surface area contributed by atoms with Crippen LogP contribution in [0.5, 0.6) is 0 Å². The standard InChI is InChI=1S/C15H20N8O/c16-14(17)20-6-10-1-3-11(4-2-10)9-23-13(24)5-12(8-22-23)7-21-15(18)19/h1-5,8H,6-7,9H2,(H4,16,17,20)(H4,18,19,21). The lowest BCUT2D eigenvalue weighted by Gasteiger charge is -2.06. The van der Waals surface area contributed by atoms with E-state index in [2.05, 4.69) is 15.1 Å². The van der Waals surface area contributed by atoms with Crippen LogP contribution in [0.15, 0.2) is 51.3 Å². The van der Waals surface area contributed by atoms with Gasteiger partial charge in [0.05, 0.1) is 25.8 Å². The van der Waals surface area contributed by atoms with Crippen LogP contribution in [0.1, 0.15) is 16.7 Å². The maximum atomic E-state index is 12.1. The van der Waals surface area contributed by atoms with Gasteiger partial charge in [-0.3, -0.25) is 4.79 Å². The zero-order chi connectivity index (χ0) is 17.5. The molecule has 0 fully saturated rings. The van der Waals surface area contributed by atoms with Crippen LogP contribution in [-0.2, 0) is 19.6 Å². The molecule has 0 aliphatic rings. The molecule has 9 heteroatoms. The largest absolute Gasteiger partial charge is 0.370 e. The van der Waals surface area contributed by atoms with E-state index in [1.165, 1.54) is 10.7 Å². The highest BCUT2D eigenvalue weighted by atomic mass is 16.1. The van der Waals surface area contributed by atoms with E-state index >= 15 is 0 Å². The molecular formula is C15H20N8O. The highest BCUT2D eigenvalue weighted by Crippen LogP contribution is 2.06. The first kappa shape index (κ1) is 17.0. The summed E-state index contributed by atoms with van der Waals surface area (Å²) >= 11 is 0. The van der Waals surface area contributed by atoms with Crippen molar-refractivity contribution in [3.8, 4) is 0 Å². The van der Waals surface area contributed by atoms with Gasteiger partial charge in [-0.25, -0.2) is 14.7 Å². The van der Waals surface area contributed by atoms with E-state index in [-0.39, 0.29) is 24.0 Å². The summed E-state index contributed by atoms with van der Waals surface area (Å²) in [5, 5.41) is 4.13. The van der Waals surface area contributed by atoms with Crippen molar-refractivity contribution in [2.75, 3.05) is 0 Å². The Kier molecular flexibility index (Phi) is 5.50. The molecule has 24 heavy (non-hydrogen) atoms. The Balaban J connectivity index is 2.07. The molecule has 9 nitrogen and oxygen atoms in total. The van der Waals surface area contributed by atoms with Gasteiger partial charge in [0, 0.05) is 6.07 Å². The van der Waals surface area contributed by atoms with Crippen molar-refractivity contribution in [1.29, 1.82) is 0 Å². The van der Waals surface area contributed by atoms with Crippen LogP contribution in [-0.4, -0.2) is 21.7 Å². The molecule has 0 saturated heterocycles. The fraction of sp³-hybridized carbons (Fsp3) is 0.200. The fourth-order valence-electron chi connectivity index (χ4n) is 1.96. The third kappa shape index (κ3) is 5.13. The van der Waals surface area contributed by atoms with Gasteiger partial charge in [-0.2, -0.15) is 5.10 Å². The molecule has 2 rings (SSSR count). The molecule has 0 unspecified atom stereocenters. The predicted molar refractivity (Wildman–Crippen MR) is 93.1 cm³/mol. The minimum atomic E-state index is -0.220. The maximum Gasteiger partial charge on any atom is 0.267 e. The van der Waals surface area contributed by atoms with Gasteiger partial charge in [0.2, 0.25) is 0 Å². The Bertz CT molecular complexity index is 799. The summed E-state index contributed by atoms with van der Waals surface area (Å²) in [5.74, 6) is 0.0237. The number of hydrogen-bond donors (Lipinski definition) is 4. The van der Waals surface area contributed by atoms with Crippen LogP contribution < -0.4 is 28.5 Å². The van der Waals surface area contributed by atoms with Crippen LogP contribution in [0.4, 0.5) is 0 Å². The Labute approximate surface area is 138 Å². The Morgan fingerprint density at radius 2 is 1.46 bits per heavy atom. The Hall–Kier alpha value is -3.36. The lowest BCUT2D eigenvalue weighted by molar-refractivity contribution is 0.633. The number of guanidine groups is 2. The molecule has 0 aliphatic carbocycles. The molecule has 1 aromatic heterocycles. The molecule has 0 bridgehead atoms. The van der Waals surface area contributed by atoms with E-state index < -0.39 is 0 Å². The van der Waals surface area contributed by atoms with Crippen molar-refractivity contribution < 1.29 is 0 Å². The van der Waals surface area contributed by atoms with Gasteiger partial charge in [0.25, 0.3) is 5.56 Å². The number of nitrogens with zero attached hydrogens (tertiary/aromatic N) is 4. The second-order valence-electron chi connectivity index (χ2n) is 5.16. The van der Waals surface area contributed by atoms with Crippen molar-refractivity contribution >= 4 is 11.9 Å². The van der Waals surface area contributed by atoms with Crippen molar-refractivity contribution in [1.82, 2.24) is 9.78 Å². The first-order chi connectivity index (χ1) is 11.4. The van der Waals surface area contributed by atoms with Crippen molar-refractivity contribution in [3.05, 3.63) is 63.6 Å². The van der Waals surface area contributed by atoms with E-state index in [1.807, 2.05) is 24.3 Å². The Morgan fingerprint density at radius 3 is 2.00 bits per heavy atom. The summed E-state index contributed by atoms with van der Waals surface area (Å²) in [5.41, 5.74) is 23.5. The molecule has 0 amide bonds. The van der Waals surface area contributed by atoms with Gasteiger partial charge in [-0.15, -0.1) is 0 Å². The first-order valence-electron chi connectivity index (χ1n) is 7.18. The lowest BCUT2D eigenvalue weighted by Crippen LogP contribution is -2.24. The highest BCUT2D eigenvalue weighted by molar-refractivity contribution is 5.75. The van der Waals surface area contributed by atoms with E-state index in [0.29, 0.717) is 18.7 Å². The number of benzene rings is 1. The second kappa shape index (κ2) is 7.77. The van der Waals surface area contributed by atoms with Crippen LogP contribution in [0.3, 0.4) is 0 Å². The summed E-state index contributed by atoms with van der Waals surface area (Å²) in [6.07, 6.45) is 1.57. The van der Waals surface area contributed by atoms with Gasteiger partial charge < -0.3 is 22.9 Å². The molecule has 2 aromatic rings. The molecule has 126 valence electrons. The Morgan fingerprint density at radius 1 is 0.917 bits per heavy atom. The third-order valence-corrected chi connectivity index (χ3v) is 3.17. The molecular weight excluding hydrogens is 308 g/mol. The first-order valence-corrected chi connectivity index (χ1v) is 7.18. The van der Waals surface area contributed by atoms with Gasteiger partial charge >= 0.3 is 0 Å². The van der Waals surface area contributed by atoms with Crippen LogP contribution >= 0.6 is 0 Å². The van der Waals surface area contributed by atoms with E-state index in [1.54, 1.807) is 6.20 Å². The second-order valence-corrected chi connectivity index (χ2v) is 5.16. The number of aliphatic imine (C=N–C) groups is 2. The van der Waals surface area contributed by atoms with Gasteiger partial charge in [-0.1, -0.05) is 24.3 Å². The highest BCUT2D eigenvalue weighted by Gasteiger charge is 2.02. The molecule has 8 N–H and O–H groups in total. The van der Waals surface area contributed by atoms with Crippen LogP contribution in [0.25, 0.3) is 0 Å². The zero-order valence-electron chi connectivity index (χ0n) is 13.1. The SMILES string of the molecule is NC(N)=NCc1ccc(Cn2ncc(CN=C(N)N)cc2=O)cc1. The summed E-state index contributed by atoms with van der Waals surface area (Å²) < 4.78 is 1.37. The lowest BCUT2D eigenvalue weighted by atomic mass is 10.1. The molecule has 0 aliphatic heterocycles. The maximum absolute atomic E-state index is 12.1. The number of aromatic nitrogens is 2. The topological polar surface area (TPSA) is 164 Å². The van der Waals surface area contributed by atoms with E-state index in [9.17, 15) is 4.79 Å². The predicted octanol–water partition coefficient (Wildman–Crippen LogP) is -1.16. The molecule has 0 saturated carbocycles. The monoisotopic (exact) mass is 328 g/mol. The van der Waals surface area contributed by atoms with Gasteiger partial charge in [0.1, 0.15) is 0 Å². The zero-order valence-corrected chi connectivity index (χ0v) is 13.1. The van der Waals surface area contributed by atoms with Crippen molar-refractivity contribution in [2.45, 2.75) is 19.6 Å². The smallest absolute Gasteiger partial charge is 0.267 e. The fourth-order valence-corrected chi connectivity index (χ4v) is 1.96. The molecule has 0 radical (unpaired) electrons. The van der Waals surface area contributed by atoms with E-state index in [4.69, 9.17) is 22.9 Å². The van der Waals surface area contributed by atoms with Crippen molar-refractivity contribution in [2.24, 2.45) is 32.9 Å². The molecule has 0 atom stereocenters. The minimum Gasteiger partial charge on any atom is -0.370 e. The summed E-state index contributed by atoms with van der Waals surface area (Å²) in [4.78, 5) is 19.9. The van der Waals surface area contributed by atoms with E-state index in [0.717, 1.165) is 11.1 Å². The average molecular weight is 328 g/mol.